The van der Waals surface area contributed by atoms with Crippen LogP contribution in [0, 0.1) is 0 Å². The summed E-state index contributed by atoms with van der Waals surface area (Å²) in [7, 11) is 2.19. The molecule has 1 saturated heterocycles. The van der Waals surface area contributed by atoms with Gasteiger partial charge in [-0.3, -0.25) is 0 Å². The van der Waals surface area contributed by atoms with E-state index in [0.717, 1.165) is 69.0 Å². The summed E-state index contributed by atoms with van der Waals surface area (Å²) < 4.78 is 13.0. The summed E-state index contributed by atoms with van der Waals surface area (Å²) in [5, 5.41) is 2.25. The molecular weight excluding hydrogens is 512 g/mol. The van der Waals surface area contributed by atoms with Gasteiger partial charge in [0.1, 0.15) is 5.65 Å². The molecule has 1 unspecified atom stereocenters. The number of aromatic amines is 1. The predicted octanol–water partition coefficient (Wildman–Crippen LogP) is 6.97. The van der Waals surface area contributed by atoms with Crippen molar-refractivity contribution in [1.29, 1.82) is 0 Å². The fourth-order valence-electron chi connectivity index (χ4n) is 5.60. The quantitative estimate of drug-likeness (QED) is 0.239. The molecule has 40 heavy (non-hydrogen) atoms. The van der Waals surface area contributed by atoms with Gasteiger partial charge in [-0.1, -0.05) is 36.4 Å². The molecule has 0 spiro atoms. The Kier molecular flexibility index (Phi) is 6.52. The van der Waals surface area contributed by atoms with E-state index in [9.17, 15) is 4.55 Å². The van der Waals surface area contributed by atoms with Crippen LogP contribution in [0.5, 0.6) is 0 Å². The van der Waals surface area contributed by atoms with Crippen LogP contribution in [0.1, 0.15) is 0 Å². The predicted molar refractivity (Wildman–Crippen MR) is 165 cm³/mol. The average Bonchev–Trinajstić information content (AvgIpc) is 3.40. The van der Waals surface area contributed by atoms with E-state index in [4.69, 9.17) is 0 Å². The van der Waals surface area contributed by atoms with Crippen LogP contribution < -0.4 is 4.90 Å². The summed E-state index contributed by atoms with van der Waals surface area (Å²) in [6, 6.07) is 35.2. The van der Waals surface area contributed by atoms with Crippen LogP contribution in [0.25, 0.3) is 44.2 Å². The van der Waals surface area contributed by atoms with Gasteiger partial charge in [0.25, 0.3) is 0 Å². The third-order valence-corrected chi connectivity index (χ3v) is 9.30. The van der Waals surface area contributed by atoms with E-state index in [1.54, 1.807) is 0 Å². The molecule has 1 aliphatic rings. The molecular formula is C34H30N4OS. The van der Waals surface area contributed by atoms with Gasteiger partial charge in [0.2, 0.25) is 0 Å². The number of aromatic nitrogens is 2. The van der Waals surface area contributed by atoms with Crippen molar-refractivity contribution in [3.63, 3.8) is 0 Å². The van der Waals surface area contributed by atoms with E-state index in [1.165, 1.54) is 16.8 Å². The first-order valence-corrected chi connectivity index (χ1v) is 14.8. The first-order valence-electron chi connectivity index (χ1n) is 13.7. The molecule has 6 heteroatoms. The van der Waals surface area contributed by atoms with E-state index in [0.29, 0.717) is 0 Å². The number of pyridine rings is 1. The average molecular weight is 543 g/mol. The van der Waals surface area contributed by atoms with Crippen LogP contribution in [0.4, 0.5) is 5.69 Å². The Balaban J connectivity index is 1.23. The highest BCUT2D eigenvalue weighted by Crippen LogP contribution is 2.36. The van der Waals surface area contributed by atoms with Gasteiger partial charge in [-0.2, -0.15) is 0 Å². The molecule has 7 rings (SSSR count). The number of fused-ring (bicyclic) bond motifs is 3. The lowest BCUT2D eigenvalue weighted by molar-refractivity contribution is 0.313. The highest BCUT2D eigenvalue weighted by molar-refractivity contribution is 7.91. The fourth-order valence-corrected chi connectivity index (χ4v) is 6.66. The Hall–Kier alpha value is -4.10. The maximum Gasteiger partial charge on any atom is 0.158 e. The lowest BCUT2D eigenvalue weighted by atomic mass is 9.98. The number of H-pyrrole nitrogens is 1. The number of rotatable bonds is 5. The number of benzene rings is 4. The lowest BCUT2D eigenvalue weighted by Gasteiger charge is -2.34. The summed E-state index contributed by atoms with van der Waals surface area (Å²) in [6.45, 7) is 4.33. The second-order valence-corrected chi connectivity index (χ2v) is 11.9. The van der Waals surface area contributed by atoms with Gasteiger partial charge in [-0.15, -0.1) is 0 Å². The summed E-state index contributed by atoms with van der Waals surface area (Å²) >= 11 is -1.21. The topological polar surface area (TPSA) is 58.2 Å². The lowest BCUT2D eigenvalue weighted by Crippen LogP contribution is -2.44. The molecule has 3 heterocycles. The smallest absolute Gasteiger partial charge is 0.158 e. The molecule has 0 aliphatic carbocycles. The van der Waals surface area contributed by atoms with Crippen molar-refractivity contribution in [2.75, 3.05) is 38.1 Å². The van der Waals surface area contributed by atoms with Crippen molar-refractivity contribution in [2.45, 2.75) is 9.79 Å². The number of hydrogen-bond acceptors (Lipinski definition) is 4. The molecule has 198 valence electrons. The van der Waals surface area contributed by atoms with Gasteiger partial charge in [0.15, 0.2) is 9.79 Å². The summed E-state index contributed by atoms with van der Waals surface area (Å²) in [6.07, 6.45) is 1.85. The third kappa shape index (κ3) is 4.64. The summed E-state index contributed by atoms with van der Waals surface area (Å²) in [4.78, 5) is 14.6. The van der Waals surface area contributed by atoms with E-state index >= 15 is 0 Å². The Morgan fingerprint density at radius 3 is 2.15 bits per heavy atom. The zero-order valence-electron chi connectivity index (χ0n) is 22.4. The van der Waals surface area contributed by atoms with Crippen LogP contribution in [-0.2, 0) is 11.2 Å². The van der Waals surface area contributed by atoms with Crippen molar-refractivity contribution in [1.82, 2.24) is 14.9 Å². The van der Waals surface area contributed by atoms with Gasteiger partial charge in [-0.05, 0) is 96.0 Å². The first kappa shape index (κ1) is 24.9. The van der Waals surface area contributed by atoms with Gasteiger partial charge < -0.3 is 19.3 Å². The van der Waals surface area contributed by atoms with Crippen molar-refractivity contribution in [2.24, 2.45) is 0 Å². The maximum absolute atomic E-state index is 13.0. The Labute approximate surface area is 237 Å². The standard InChI is InChI=1S/C34H30N4OS/c1-37-19-21-38(22-20-37)27-12-7-24(8-13-27)26-11-16-32-31(23-26)33-30(17-18-35-34(33)36-32)25-9-14-29(15-10-25)40(39)28-5-3-2-4-6-28/h2-18,23H,19-22H2,1H3,(H,35,36). The van der Waals surface area contributed by atoms with Crippen LogP contribution in [-0.4, -0.2) is 52.6 Å². The number of piperazine rings is 1. The molecule has 2 aromatic heterocycles. The third-order valence-electron chi connectivity index (χ3n) is 7.90. The normalized spacial score (nSPS) is 15.1. The molecule has 1 fully saturated rings. The number of nitrogens with zero attached hydrogens (tertiary/aromatic N) is 3. The molecule has 1 N–H and O–H groups in total. The molecule has 0 amide bonds. The van der Waals surface area contributed by atoms with E-state index in [1.807, 2.05) is 48.7 Å². The zero-order valence-corrected chi connectivity index (χ0v) is 23.2. The second kappa shape index (κ2) is 10.5. The zero-order chi connectivity index (χ0) is 27.1. The van der Waals surface area contributed by atoms with Crippen molar-refractivity contribution >= 4 is 38.8 Å². The van der Waals surface area contributed by atoms with Crippen LogP contribution in [0.3, 0.4) is 0 Å². The highest BCUT2D eigenvalue weighted by Gasteiger charge is 2.17. The monoisotopic (exact) mass is 542 g/mol. The molecule has 4 aromatic carbocycles. The van der Waals surface area contributed by atoms with E-state index in [2.05, 4.69) is 87.5 Å². The largest absolute Gasteiger partial charge is 0.606 e. The number of hydrogen-bond donors (Lipinski definition) is 1. The Morgan fingerprint density at radius 2 is 1.40 bits per heavy atom. The Morgan fingerprint density at radius 1 is 0.725 bits per heavy atom. The minimum atomic E-state index is -1.21. The summed E-state index contributed by atoms with van der Waals surface area (Å²) in [5.41, 5.74) is 7.78. The van der Waals surface area contributed by atoms with E-state index < -0.39 is 11.2 Å². The number of likely N-dealkylation sites (N-methyl/N-ethyl adjacent to an activating group) is 1. The van der Waals surface area contributed by atoms with Gasteiger partial charge in [-0.25, -0.2) is 4.98 Å². The molecule has 1 aliphatic heterocycles. The minimum absolute atomic E-state index is 0.793. The molecule has 0 radical (unpaired) electrons. The Bertz CT molecular complexity index is 1770. The van der Waals surface area contributed by atoms with Crippen LogP contribution in [0.2, 0.25) is 0 Å². The maximum atomic E-state index is 13.0. The first-order chi connectivity index (χ1) is 19.6. The molecule has 0 saturated carbocycles. The van der Waals surface area contributed by atoms with E-state index in [-0.39, 0.29) is 0 Å². The van der Waals surface area contributed by atoms with Crippen molar-refractivity contribution in [3.8, 4) is 22.3 Å². The van der Waals surface area contributed by atoms with Crippen LogP contribution in [0.15, 0.2) is 119 Å². The highest BCUT2D eigenvalue weighted by atomic mass is 32.2. The molecule has 1 atom stereocenters. The van der Waals surface area contributed by atoms with Crippen LogP contribution >= 0.6 is 0 Å². The molecule has 5 nitrogen and oxygen atoms in total. The van der Waals surface area contributed by atoms with Gasteiger partial charge in [0, 0.05) is 65.5 Å². The fraction of sp³-hybridized carbons (Fsp3) is 0.147. The summed E-state index contributed by atoms with van der Waals surface area (Å²) in [5.74, 6) is 0. The number of nitrogens with one attached hydrogen (secondary N) is 1. The number of anilines is 1. The van der Waals surface area contributed by atoms with Gasteiger partial charge >= 0.3 is 0 Å². The minimum Gasteiger partial charge on any atom is -0.606 e. The molecule has 0 bridgehead atoms. The van der Waals surface area contributed by atoms with Crippen molar-refractivity contribution in [3.05, 3.63) is 109 Å². The second-order valence-electron chi connectivity index (χ2n) is 10.4. The van der Waals surface area contributed by atoms with Gasteiger partial charge in [0.05, 0.1) is 0 Å². The SMILES string of the molecule is CN1CCN(c2ccc(-c3ccc4[nH]c5nccc(-c6ccc([S+]([O-])c7ccccc7)cc6)c5c4c3)cc2)CC1. The molecule has 6 aromatic rings. The van der Waals surface area contributed by atoms with Crippen molar-refractivity contribution < 1.29 is 4.55 Å².